The van der Waals surface area contributed by atoms with Gasteiger partial charge in [0.05, 0.1) is 18.1 Å². The smallest absolute Gasteiger partial charge is 0.246 e. The van der Waals surface area contributed by atoms with Crippen molar-refractivity contribution in [3.05, 3.63) is 84.6 Å². The first kappa shape index (κ1) is 20.7. The molecule has 0 aliphatic carbocycles. The third kappa shape index (κ3) is 4.03. The molecule has 0 saturated heterocycles. The first-order valence-corrected chi connectivity index (χ1v) is 10.9. The Bertz CT molecular complexity index is 1460. The van der Waals surface area contributed by atoms with E-state index in [4.69, 9.17) is 9.84 Å². The molecule has 0 bridgehead atoms. The van der Waals surface area contributed by atoms with Crippen LogP contribution in [0.4, 0.5) is 5.69 Å². The molecular weight excluding hydrogens is 412 g/mol. The second-order valence-corrected chi connectivity index (χ2v) is 7.88. The summed E-state index contributed by atoms with van der Waals surface area (Å²) < 4.78 is 7.05. The molecule has 0 aliphatic rings. The van der Waals surface area contributed by atoms with Crippen LogP contribution in [-0.2, 0) is 17.8 Å². The maximum Gasteiger partial charge on any atom is 0.246 e. The number of nitrogens with one attached hydrogen (secondary N) is 1. The predicted octanol–water partition coefficient (Wildman–Crippen LogP) is 5.46. The molecule has 3 aromatic carbocycles. The van der Waals surface area contributed by atoms with Crippen LogP contribution >= 0.6 is 0 Å². The zero-order valence-electron chi connectivity index (χ0n) is 18.6. The van der Waals surface area contributed by atoms with Crippen LogP contribution in [0.5, 0.6) is 5.75 Å². The summed E-state index contributed by atoms with van der Waals surface area (Å²) >= 11 is 0. The summed E-state index contributed by atoms with van der Waals surface area (Å²) in [6.45, 7) is 2.21. The minimum atomic E-state index is -0.163. The monoisotopic (exact) mass is 436 g/mol. The van der Waals surface area contributed by atoms with Crippen molar-refractivity contribution in [2.24, 2.45) is 0 Å². The lowest BCUT2D eigenvalue weighted by atomic mass is 10.0. The lowest BCUT2D eigenvalue weighted by molar-refractivity contribution is -0.116. The van der Waals surface area contributed by atoms with Gasteiger partial charge >= 0.3 is 0 Å². The Kier molecular flexibility index (Phi) is 5.48. The van der Waals surface area contributed by atoms with Crippen molar-refractivity contribution in [2.45, 2.75) is 19.9 Å². The van der Waals surface area contributed by atoms with Crippen molar-refractivity contribution in [1.29, 1.82) is 0 Å². The van der Waals surface area contributed by atoms with Crippen molar-refractivity contribution in [1.82, 2.24) is 14.8 Å². The molecule has 1 amide bonds. The molecule has 6 nitrogen and oxygen atoms in total. The van der Waals surface area contributed by atoms with Gasteiger partial charge in [-0.05, 0) is 36.2 Å². The van der Waals surface area contributed by atoms with Crippen molar-refractivity contribution in [3.63, 3.8) is 0 Å². The maximum absolute atomic E-state index is 13.0. The summed E-state index contributed by atoms with van der Waals surface area (Å²) in [6, 6.07) is 23.6. The molecule has 33 heavy (non-hydrogen) atoms. The van der Waals surface area contributed by atoms with Gasteiger partial charge in [-0.25, -0.2) is 0 Å². The quantitative estimate of drug-likeness (QED) is 0.384. The van der Waals surface area contributed by atoms with Gasteiger partial charge in [0, 0.05) is 34.3 Å². The Morgan fingerprint density at radius 1 is 1.00 bits per heavy atom. The van der Waals surface area contributed by atoms with Crippen LogP contribution in [0.3, 0.4) is 0 Å². The number of methoxy groups -OCH3 is 1. The van der Waals surface area contributed by atoms with E-state index in [1.807, 2.05) is 60.8 Å². The van der Waals surface area contributed by atoms with E-state index in [0.717, 1.165) is 39.5 Å². The van der Waals surface area contributed by atoms with Gasteiger partial charge in [-0.2, -0.15) is 5.10 Å². The minimum absolute atomic E-state index is 0.0794. The van der Waals surface area contributed by atoms with Gasteiger partial charge in [0.25, 0.3) is 0 Å². The lowest BCUT2D eigenvalue weighted by Crippen LogP contribution is -2.19. The van der Waals surface area contributed by atoms with Crippen LogP contribution in [0.15, 0.2) is 79.0 Å². The summed E-state index contributed by atoms with van der Waals surface area (Å²) in [4.78, 5) is 17.7. The Morgan fingerprint density at radius 2 is 1.85 bits per heavy atom. The maximum atomic E-state index is 13.0. The fourth-order valence-electron chi connectivity index (χ4n) is 4.08. The molecular formula is C27H24N4O2. The Labute approximate surface area is 191 Å². The van der Waals surface area contributed by atoms with E-state index in [1.165, 1.54) is 5.56 Å². The first-order chi connectivity index (χ1) is 16.2. The standard InChI is InChI=1S/C27H24N4O2/c1-3-18-12-13-24-22(14-18)27-23(16-28-24)26(19-8-5-4-6-9-19)30-31(27)17-25(32)29-20-10-7-11-21(15-20)33-2/h4-16H,3,17H2,1-2H3,(H,29,32). The zero-order chi connectivity index (χ0) is 22.8. The number of carbonyl (C=O) groups is 1. The number of hydrogen-bond donors (Lipinski definition) is 1. The average Bonchev–Trinajstić information content (AvgIpc) is 3.22. The molecule has 5 rings (SSSR count). The highest BCUT2D eigenvalue weighted by molar-refractivity contribution is 6.08. The molecule has 1 N–H and O–H groups in total. The van der Waals surface area contributed by atoms with Crippen LogP contribution in [0.1, 0.15) is 12.5 Å². The van der Waals surface area contributed by atoms with Crippen molar-refractivity contribution < 1.29 is 9.53 Å². The Morgan fingerprint density at radius 3 is 2.64 bits per heavy atom. The third-order valence-electron chi connectivity index (χ3n) is 5.74. The Balaban J connectivity index is 1.62. The van der Waals surface area contributed by atoms with Crippen LogP contribution < -0.4 is 10.1 Å². The number of ether oxygens (including phenoxy) is 1. The van der Waals surface area contributed by atoms with Gasteiger partial charge in [0.2, 0.25) is 5.91 Å². The number of aryl methyl sites for hydroxylation is 1. The number of amides is 1. The number of fused-ring (bicyclic) bond motifs is 3. The molecule has 6 heteroatoms. The molecule has 164 valence electrons. The summed E-state index contributed by atoms with van der Waals surface area (Å²) in [5, 5.41) is 9.75. The number of nitrogens with zero attached hydrogens (tertiary/aromatic N) is 3. The second kappa shape index (κ2) is 8.74. The van der Waals surface area contributed by atoms with Gasteiger partial charge in [-0.3, -0.25) is 14.5 Å². The van der Waals surface area contributed by atoms with Crippen molar-refractivity contribution >= 4 is 33.4 Å². The second-order valence-electron chi connectivity index (χ2n) is 7.88. The van der Waals surface area contributed by atoms with Gasteiger partial charge in [-0.1, -0.05) is 49.4 Å². The Hall–Kier alpha value is -4.19. The van der Waals surface area contributed by atoms with Crippen LogP contribution in [0.25, 0.3) is 33.1 Å². The molecule has 0 atom stereocenters. The van der Waals surface area contributed by atoms with Crippen LogP contribution in [0.2, 0.25) is 0 Å². The van der Waals surface area contributed by atoms with Crippen molar-refractivity contribution in [3.8, 4) is 17.0 Å². The summed E-state index contributed by atoms with van der Waals surface area (Å²) in [7, 11) is 1.60. The topological polar surface area (TPSA) is 69.0 Å². The molecule has 2 heterocycles. The number of carbonyl (C=O) groups excluding carboxylic acids is 1. The molecule has 0 saturated carbocycles. The highest BCUT2D eigenvalue weighted by Gasteiger charge is 2.18. The normalized spacial score (nSPS) is 11.1. The van der Waals surface area contributed by atoms with Gasteiger partial charge in [0.15, 0.2) is 0 Å². The lowest BCUT2D eigenvalue weighted by Gasteiger charge is -2.09. The van der Waals surface area contributed by atoms with Gasteiger partial charge < -0.3 is 10.1 Å². The van der Waals surface area contributed by atoms with Crippen LogP contribution in [0, 0.1) is 0 Å². The largest absolute Gasteiger partial charge is 0.497 e. The molecule has 0 radical (unpaired) electrons. The minimum Gasteiger partial charge on any atom is -0.497 e. The molecule has 0 spiro atoms. The average molecular weight is 437 g/mol. The van der Waals surface area contributed by atoms with E-state index >= 15 is 0 Å². The molecule has 5 aromatic rings. The van der Waals surface area contributed by atoms with E-state index < -0.39 is 0 Å². The molecule has 2 aromatic heterocycles. The van der Waals surface area contributed by atoms with Crippen molar-refractivity contribution in [2.75, 3.05) is 12.4 Å². The highest BCUT2D eigenvalue weighted by atomic mass is 16.5. The van der Waals surface area contributed by atoms with Gasteiger partial charge in [0.1, 0.15) is 18.0 Å². The summed E-state index contributed by atoms with van der Waals surface area (Å²) in [5.41, 5.74) is 5.49. The van der Waals surface area contributed by atoms with E-state index in [9.17, 15) is 4.79 Å². The first-order valence-electron chi connectivity index (χ1n) is 10.9. The third-order valence-corrected chi connectivity index (χ3v) is 5.74. The van der Waals surface area contributed by atoms with Crippen LogP contribution in [-0.4, -0.2) is 27.8 Å². The fraction of sp³-hybridized carbons (Fsp3) is 0.148. The SMILES string of the molecule is CCc1ccc2ncc3c(-c4ccccc4)nn(CC(=O)Nc4cccc(OC)c4)c3c2c1. The van der Waals surface area contributed by atoms with E-state index in [2.05, 4.69) is 29.4 Å². The van der Waals surface area contributed by atoms with E-state index in [-0.39, 0.29) is 12.5 Å². The molecule has 0 aliphatic heterocycles. The number of pyridine rings is 1. The highest BCUT2D eigenvalue weighted by Crippen LogP contribution is 2.32. The number of aromatic nitrogens is 3. The van der Waals surface area contributed by atoms with Gasteiger partial charge in [-0.15, -0.1) is 0 Å². The number of rotatable bonds is 6. The number of hydrogen-bond acceptors (Lipinski definition) is 4. The molecule has 0 unspecified atom stereocenters. The van der Waals surface area contributed by atoms with E-state index in [0.29, 0.717) is 11.4 Å². The number of anilines is 1. The predicted molar refractivity (Wildman–Crippen MR) is 131 cm³/mol. The molecule has 0 fully saturated rings. The summed E-state index contributed by atoms with van der Waals surface area (Å²) in [5.74, 6) is 0.525. The fourth-order valence-corrected chi connectivity index (χ4v) is 4.08. The summed E-state index contributed by atoms with van der Waals surface area (Å²) in [6.07, 6.45) is 2.78. The number of benzene rings is 3. The van der Waals surface area contributed by atoms with E-state index in [1.54, 1.807) is 17.9 Å². The zero-order valence-corrected chi connectivity index (χ0v) is 18.6.